The molecule has 0 N–H and O–H groups in total. The van der Waals surface area contributed by atoms with Gasteiger partial charge in [-0.2, -0.15) is 0 Å². The molecular weight excluding hydrogens is 332 g/mol. The molecule has 2 aromatic carbocycles. The van der Waals surface area contributed by atoms with Gasteiger partial charge in [0.1, 0.15) is 5.75 Å². The molecule has 0 aliphatic rings. The van der Waals surface area contributed by atoms with Crippen LogP contribution in [0, 0.1) is 0 Å². The van der Waals surface area contributed by atoms with Crippen molar-refractivity contribution in [3.8, 4) is 5.75 Å². The lowest BCUT2D eigenvalue weighted by atomic mass is 10.1. The lowest BCUT2D eigenvalue weighted by molar-refractivity contribution is 0.104. The summed E-state index contributed by atoms with van der Waals surface area (Å²) in [5.74, 6) is 1.72. The third-order valence-electron chi connectivity index (χ3n) is 3.61. The zero-order chi connectivity index (χ0) is 17.6. The van der Waals surface area contributed by atoms with E-state index in [2.05, 4.69) is 43.9 Å². The standard InChI is InChI=1S/C20H24O2SSi/c1-22-18-12-10-17(11-13-18)19(21)14-20(24(2,3)4)23-15-16-8-6-5-7-9-16/h5-14H,15H2,1-4H3/b20-14-. The fourth-order valence-electron chi connectivity index (χ4n) is 2.17. The van der Waals surface area contributed by atoms with E-state index in [4.69, 9.17) is 4.74 Å². The van der Waals surface area contributed by atoms with Crippen LogP contribution in [0.1, 0.15) is 15.9 Å². The maximum Gasteiger partial charge on any atom is 0.186 e. The highest BCUT2D eigenvalue weighted by molar-refractivity contribution is 8.04. The summed E-state index contributed by atoms with van der Waals surface area (Å²) in [6.07, 6.45) is 1.83. The van der Waals surface area contributed by atoms with Gasteiger partial charge in [-0.1, -0.05) is 50.0 Å². The Morgan fingerprint density at radius 1 is 1.04 bits per heavy atom. The molecule has 2 nitrogen and oxygen atoms in total. The van der Waals surface area contributed by atoms with Crippen molar-refractivity contribution in [2.75, 3.05) is 7.11 Å². The van der Waals surface area contributed by atoms with Crippen LogP contribution in [-0.4, -0.2) is 21.0 Å². The first-order valence-electron chi connectivity index (χ1n) is 7.97. The molecule has 0 radical (unpaired) electrons. The Kier molecular flexibility index (Phi) is 6.46. The summed E-state index contributed by atoms with van der Waals surface area (Å²) in [4.78, 5) is 12.6. The van der Waals surface area contributed by atoms with Gasteiger partial charge in [0.15, 0.2) is 5.78 Å². The van der Waals surface area contributed by atoms with Crippen LogP contribution in [0.15, 0.2) is 65.2 Å². The Morgan fingerprint density at radius 2 is 1.67 bits per heavy atom. The second-order valence-electron chi connectivity index (χ2n) is 6.63. The fraction of sp³-hybridized carbons (Fsp3) is 0.250. The third-order valence-corrected chi connectivity index (χ3v) is 8.41. The minimum atomic E-state index is -1.58. The molecule has 0 spiro atoms. The maximum atomic E-state index is 12.6. The number of ether oxygens (including phenoxy) is 1. The topological polar surface area (TPSA) is 26.3 Å². The second kappa shape index (κ2) is 8.35. The molecule has 0 heterocycles. The minimum absolute atomic E-state index is 0.0654. The number of thioether (sulfide) groups is 1. The Bertz CT molecular complexity index is 701. The minimum Gasteiger partial charge on any atom is -0.497 e. The molecule has 0 aliphatic heterocycles. The van der Waals surface area contributed by atoms with Crippen LogP contribution in [0.4, 0.5) is 0 Å². The zero-order valence-corrected chi connectivity index (χ0v) is 16.5. The number of rotatable bonds is 7. The zero-order valence-electron chi connectivity index (χ0n) is 14.7. The van der Waals surface area contributed by atoms with Gasteiger partial charge in [-0.05, 0) is 40.4 Å². The molecular formula is C20H24O2SSi. The first kappa shape index (κ1) is 18.6. The van der Waals surface area contributed by atoms with Gasteiger partial charge in [0.25, 0.3) is 0 Å². The van der Waals surface area contributed by atoms with E-state index >= 15 is 0 Å². The van der Waals surface area contributed by atoms with Crippen molar-refractivity contribution in [1.82, 2.24) is 0 Å². The smallest absolute Gasteiger partial charge is 0.186 e. The molecule has 0 amide bonds. The normalized spacial score (nSPS) is 12.1. The molecule has 0 fully saturated rings. The quantitative estimate of drug-likeness (QED) is 0.368. The lowest BCUT2D eigenvalue weighted by Crippen LogP contribution is -2.23. The average Bonchev–Trinajstić information content (AvgIpc) is 2.58. The number of ketones is 1. The van der Waals surface area contributed by atoms with E-state index in [1.807, 2.05) is 36.4 Å². The fourth-order valence-corrected chi connectivity index (χ4v) is 5.39. The van der Waals surface area contributed by atoms with Crippen molar-refractivity contribution in [3.05, 3.63) is 76.3 Å². The lowest BCUT2D eigenvalue weighted by Gasteiger charge is -2.20. The number of carbonyl (C=O) groups is 1. The van der Waals surface area contributed by atoms with E-state index in [1.54, 1.807) is 18.9 Å². The summed E-state index contributed by atoms with van der Waals surface area (Å²) in [5, 5.41) is 0. The summed E-state index contributed by atoms with van der Waals surface area (Å²) >= 11 is 1.79. The predicted octanol–water partition coefficient (Wildman–Crippen LogP) is 5.57. The number of hydrogen-bond acceptors (Lipinski definition) is 3. The van der Waals surface area contributed by atoms with Crippen LogP contribution in [-0.2, 0) is 5.75 Å². The number of hydrogen-bond donors (Lipinski definition) is 0. The second-order valence-corrected chi connectivity index (χ2v) is 13.0. The molecule has 0 atom stereocenters. The number of benzene rings is 2. The highest BCUT2D eigenvalue weighted by Crippen LogP contribution is 2.30. The molecule has 0 aliphatic carbocycles. The van der Waals surface area contributed by atoms with Crippen LogP contribution >= 0.6 is 11.8 Å². The van der Waals surface area contributed by atoms with Gasteiger partial charge >= 0.3 is 0 Å². The molecule has 0 aromatic heterocycles. The van der Waals surface area contributed by atoms with Gasteiger partial charge in [0.05, 0.1) is 15.2 Å². The van der Waals surface area contributed by atoms with Crippen molar-refractivity contribution >= 4 is 25.6 Å². The number of methoxy groups -OCH3 is 1. The van der Waals surface area contributed by atoms with Gasteiger partial charge in [-0.15, -0.1) is 11.8 Å². The van der Waals surface area contributed by atoms with E-state index < -0.39 is 8.07 Å². The Hall–Kier alpha value is -1.78. The average molecular weight is 357 g/mol. The van der Waals surface area contributed by atoms with Crippen LogP contribution in [0.2, 0.25) is 19.6 Å². The molecule has 24 heavy (non-hydrogen) atoms. The molecule has 0 unspecified atom stereocenters. The van der Waals surface area contributed by atoms with E-state index in [0.29, 0.717) is 5.56 Å². The Balaban J connectivity index is 2.16. The molecule has 2 aromatic rings. The Morgan fingerprint density at radius 3 is 2.21 bits per heavy atom. The Labute approximate surface area is 149 Å². The van der Waals surface area contributed by atoms with Gasteiger partial charge in [0, 0.05) is 11.3 Å². The molecule has 0 bridgehead atoms. The SMILES string of the molecule is COc1ccc(C(=O)/C=C(/SCc2ccccc2)[Si](C)(C)C)cc1. The first-order valence-corrected chi connectivity index (χ1v) is 12.5. The van der Waals surface area contributed by atoms with Crippen LogP contribution < -0.4 is 4.74 Å². The van der Waals surface area contributed by atoms with Gasteiger partial charge in [-0.3, -0.25) is 4.79 Å². The van der Waals surface area contributed by atoms with E-state index in [-0.39, 0.29) is 5.78 Å². The molecule has 0 saturated carbocycles. The highest BCUT2D eigenvalue weighted by Gasteiger charge is 2.21. The van der Waals surface area contributed by atoms with Gasteiger partial charge in [0.2, 0.25) is 0 Å². The summed E-state index contributed by atoms with van der Waals surface area (Å²) in [5.41, 5.74) is 1.98. The summed E-state index contributed by atoms with van der Waals surface area (Å²) in [6.45, 7) is 6.83. The van der Waals surface area contributed by atoms with Crippen molar-refractivity contribution in [1.29, 1.82) is 0 Å². The molecule has 2 rings (SSSR count). The number of allylic oxidation sites excluding steroid dienone is 1. The van der Waals surface area contributed by atoms with Crippen molar-refractivity contribution in [3.63, 3.8) is 0 Å². The van der Waals surface area contributed by atoms with Crippen molar-refractivity contribution in [2.45, 2.75) is 25.4 Å². The van der Waals surface area contributed by atoms with Gasteiger partial charge in [-0.25, -0.2) is 0 Å². The molecule has 4 heteroatoms. The summed E-state index contributed by atoms with van der Waals surface area (Å²) < 4.78 is 6.38. The van der Waals surface area contributed by atoms with Crippen molar-refractivity contribution in [2.24, 2.45) is 0 Å². The van der Waals surface area contributed by atoms with Crippen molar-refractivity contribution < 1.29 is 9.53 Å². The highest BCUT2D eigenvalue weighted by atomic mass is 32.2. The van der Waals surface area contributed by atoms with Crippen LogP contribution in [0.5, 0.6) is 5.75 Å². The molecule has 0 saturated heterocycles. The number of carbonyl (C=O) groups excluding carboxylic acids is 1. The maximum absolute atomic E-state index is 12.6. The van der Waals surface area contributed by atoms with Gasteiger partial charge < -0.3 is 4.74 Å². The molecule has 126 valence electrons. The summed E-state index contributed by atoms with van der Waals surface area (Å²) in [7, 11) is 0.0498. The first-order chi connectivity index (χ1) is 11.4. The van der Waals surface area contributed by atoms with E-state index in [9.17, 15) is 4.79 Å². The van der Waals surface area contributed by atoms with Crippen LogP contribution in [0.25, 0.3) is 0 Å². The van der Waals surface area contributed by atoms with E-state index in [0.717, 1.165) is 11.5 Å². The predicted molar refractivity (Wildman–Crippen MR) is 106 cm³/mol. The monoisotopic (exact) mass is 356 g/mol. The van der Waals surface area contributed by atoms with Crippen LogP contribution in [0.3, 0.4) is 0 Å². The third kappa shape index (κ3) is 5.39. The van der Waals surface area contributed by atoms with E-state index in [1.165, 1.54) is 10.1 Å². The summed E-state index contributed by atoms with van der Waals surface area (Å²) in [6, 6.07) is 17.7. The largest absolute Gasteiger partial charge is 0.497 e.